The third-order valence-corrected chi connectivity index (χ3v) is 10.3. The predicted molar refractivity (Wildman–Crippen MR) is 119 cm³/mol. The van der Waals surface area contributed by atoms with Crippen LogP contribution in [0.1, 0.15) is 9.67 Å². The predicted octanol–water partition coefficient (Wildman–Crippen LogP) is 5.18. The highest BCUT2D eigenvalue weighted by atomic mass is 79.9. The van der Waals surface area contributed by atoms with E-state index < -0.39 is 10.0 Å². The van der Waals surface area contributed by atoms with E-state index in [9.17, 15) is 13.2 Å². The van der Waals surface area contributed by atoms with Crippen molar-refractivity contribution < 1.29 is 13.2 Å². The Kier molecular flexibility index (Phi) is 5.78. The molecule has 0 unspecified atom stereocenters. The number of carbonyl (C=O) groups excluding carboxylic acids is 1. The van der Waals surface area contributed by atoms with E-state index in [0.717, 1.165) is 13.9 Å². The number of piperazine rings is 1. The summed E-state index contributed by atoms with van der Waals surface area (Å²) in [6, 6.07) is 8.63. The van der Waals surface area contributed by atoms with Crippen molar-refractivity contribution in [3.8, 4) is 0 Å². The Hall–Kier alpha value is -0.680. The molecule has 0 saturated carbocycles. The van der Waals surface area contributed by atoms with Gasteiger partial charge in [-0.3, -0.25) is 4.79 Å². The quantitative estimate of drug-likeness (QED) is 0.461. The molecule has 11 heteroatoms. The standard InChI is InChI=1S/C17H13BrCl2N2O3S3/c18-13-3-4-14(27-13)28(24,25)22-7-5-21(6-8-22)17(23)16-15(20)11-2-1-10(19)9-12(11)26-16/h1-4,9H,5-8H2. The van der Waals surface area contributed by atoms with E-state index in [1.54, 1.807) is 35.2 Å². The third-order valence-electron chi connectivity index (χ3n) is 4.45. The summed E-state index contributed by atoms with van der Waals surface area (Å²) in [6.45, 7) is 1.13. The first kappa shape index (κ1) is 20.6. The van der Waals surface area contributed by atoms with Crippen molar-refractivity contribution in [2.45, 2.75) is 4.21 Å². The van der Waals surface area contributed by atoms with Crippen molar-refractivity contribution in [1.82, 2.24) is 9.21 Å². The van der Waals surface area contributed by atoms with Gasteiger partial charge >= 0.3 is 0 Å². The van der Waals surface area contributed by atoms with Crippen LogP contribution in [0.2, 0.25) is 10.0 Å². The molecule has 1 fully saturated rings. The van der Waals surface area contributed by atoms with Gasteiger partial charge in [-0.2, -0.15) is 4.31 Å². The Morgan fingerprint density at radius 2 is 1.75 bits per heavy atom. The molecule has 1 aliphatic heterocycles. The molecule has 4 rings (SSSR count). The molecular formula is C17H13BrCl2N2O3S3. The van der Waals surface area contributed by atoms with Gasteiger partial charge in [-0.1, -0.05) is 29.3 Å². The zero-order valence-electron chi connectivity index (χ0n) is 14.2. The van der Waals surface area contributed by atoms with Crippen molar-refractivity contribution in [3.63, 3.8) is 0 Å². The van der Waals surface area contributed by atoms with E-state index >= 15 is 0 Å². The van der Waals surface area contributed by atoms with Gasteiger partial charge in [0.05, 0.1) is 8.81 Å². The largest absolute Gasteiger partial charge is 0.335 e. The van der Waals surface area contributed by atoms with Gasteiger partial charge in [0, 0.05) is 41.3 Å². The van der Waals surface area contributed by atoms with Gasteiger partial charge in [0.2, 0.25) is 0 Å². The molecule has 148 valence electrons. The highest BCUT2D eigenvalue weighted by molar-refractivity contribution is 9.11. The summed E-state index contributed by atoms with van der Waals surface area (Å²) in [7, 11) is -3.54. The van der Waals surface area contributed by atoms with E-state index in [1.165, 1.54) is 27.0 Å². The summed E-state index contributed by atoms with van der Waals surface area (Å²) in [4.78, 5) is 15.1. The summed E-state index contributed by atoms with van der Waals surface area (Å²) in [6.07, 6.45) is 0. The number of carbonyl (C=O) groups is 1. The van der Waals surface area contributed by atoms with Crippen molar-refractivity contribution in [3.05, 3.63) is 49.0 Å². The molecule has 1 aliphatic rings. The second kappa shape index (κ2) is 7.86. The van der Waals surface area contributed by atoms with Gasteiger partial charge in [0.15, 0.2) is 0 Å². The lowest BCUT2D eigenvalue weighted by atomic mass is 10.2. The minimum absolute atomic E-state index is 0.182. The minimum Gasteiger partial charge on any atom is -0.335 e. The van der Waals surface area contributed by atoms with E-state index in [-0.39, 0.29) is 19.0 Å². The van der Waals surface area contributed by atoms with Crippen LogP contribution in [0.15, 0.2) is 38.3 Å². The van der Waals surface area contributed by atoms with Crippen LogP contribution in [0, 0.1) is 0 Å². The number of thiophene rings is 2. The molecule has 28 heavy (non-hydrogen) atoms. The topological polar surface area (TPSA) is 57.7 Å². The monoisotopic (exact) mass is 538 g/mol. The molecule has 1 saturated heterocycles. The average molecular weight is 540 g/mol. The Balaban J connectivity index is 1.51. The first-order valence-corrected chi connectivity index (χ1v) is 12.8. The number of sulfonamides is 1. The van der Waals surface area contributed by atoms with Gasteiger partial charge in [-0.15, -0.1) is 22.7 Å². The normalized spacial score (nSPS) is 16.0. The van der Waals surface area contributed by atoms with Crippen molar-refractivity contribution in [1.29, 1.82) is 0 Å². The molecule has 0 aliphatic carbocycles. The van der Waals surface area contributed by atoms with Crippen LogP contribution in [-0.2, 0) is 10.0 Å². The maximum Gasteiger partial charge on any atom is 0.265 e. The second-order valence-electron chi connectivity index (χ2n) is 6.14. The fraction of sp³-hybridized carbons (Fsp3) is 0.235. The fourth-order valence-corrected chi connectivity index (χ4v) is 8.36. The molecule has 3 heterocycles. The van der Waals surface area contributed by atoms with Crippen LogP contribution in [0.25, 0.3) is 10.1 Å². The third kappa shape index (κ3) is 3.74. The molecule has 0 spiro atoms. The van der Waals surface area contributed by atoms with E-state index in [4.69, 9.17) is 23.2 Å². The van der Waals surface area contributed by atoms with Crippen molar-refractivity contribution in [2.24, 2.45) is 0 Å². The molecule has 0 bridgehead atoms. The first-order valence-electron chi connectivity index (χ1n) is 8.19. The lowest BCUT2D eigenvalue weighted by Crippen LogP contribution is -2.50. The van der Waals surface area contributed by atoms with Gasteiger partial charge in [-0.25, -0.2) is 8.42 Å². The van der Waals surface area contributed by atoms with Crippen molar-refractivity contribution in [2.75, 3.05) is 26.2 Å². The Labute approximate surface area is 188 Å². The number of halogens is 3. The number of hydrogen-bond acceptors (Lipinski definition) is 5. The summed E-state index contributed by atoms with van der Waals surface area (Å²) >= 11 is 18.2. The fourth-order valence-electron chi connectivity index (χ4n) is 3.02. The SMILES string of the molecule is O=C(c1sc2cc(Cl)ccc2c1Cl)N1CCN(S(=O)(=O)c2ccc(Br)s2)CC1. The summed E-state index contributed by atoms with van der Waals surface area (Å²) in [5, 5.41) is 1.80. The highest BCUT2D eigenvalue weighted by Gasteiger charge is 2.32. The molecule has 1 aromatic carbocycles. The number of rotatable bonds is 3. The summed E-state index contributed by atoms with van der Waals surface area (Å²) < 4.78 is 28.8. The maximum atomic E-state index is 13.0. The molecule has 1 amide bonds. The summed E-state index contributed by atoms with van der Waals surface area (Å²) in [5.41, 5.74) is 0. The van der Waals surface area contributed by atoms with Crippen LogP contribution in [0.3, 0.4) is 0 Å². The molecule has 0 N–H and O–H groups in total. The summed E-state index contributed by atoms with van der Waals surface area (Å²) in [5.74, 6) is -0.182. The first-order chi connectivity index (χ1) is 13.3. The zero-order valence-corrected chi connectivity index (χ0v) is 19.7. The van der Waals surface area contributed by atoms with E-state index in [0.29, 0.717) is 32.2 Å². The lowest BCUT2D eigenvalue weighted by Gasteiger charge is -2.33. The Bertz CT molecular complexity index is 1170. The Morgan fingerprint density at radius 1 is 1.04 bits per heavy atom. The van der Waals surface area contributed by atoms with Gasteiger partial charge in [-0.05, 0) is 40.2 Å². The second-order valence-corrected chi connectivity index (χ2v) is 12.6. The number of benzene rings is 1. The maximum absolute atomic E-state index is 13.0. The number of amides is 1. The number of hydrogen-bond donors (Lipinski definition) is 0. The number of fused-ring (bicyclic) bond motifs is 1. The minimum atomic E-state index is -3.54. The number of nitrogens with zero attached hydrogens (tertiary/aromatic N) is 2. The van der Waals surface area contributed by atoms with Crippen molar-refractivity contribution >= 4 is 87.8 Å². The van der Waals surface area contributed by atoms with Gasteiger partial charge < -0.3 is 4.90 Å². The van der Waals surface area contributed by atoms with Crippen LogP contribution in [0.4, 0.5) is 0 Å². The van der Waals surface area contributed by atoms with Crippen LogP contribution >= 0.6 is 61.8 Å². The van der Waals surface area contributed by atoms with Gasteiger partial charge in [0.25, 0.3) is 15.9 Å². The smallest absolute Gasteiger partial charge is 0.265 e. The highest BCUT2D eigenvalue weighted by Crippen LogP contribution is 2.37. The zero-order chi connectivity index (χ0) is 20.1. The van der Waals surface area contributed by atoms with Crippen LogP contribution in [0.5, 0.6) is 0 Å². The molecule has 0 radical (unpaired) electrons. The van der Waals surface area contributed by atoms with Gasteiger partial charge in [0.1, 0.15) is 9.09 Å². The molecule has 5 nitrogen and oxygen atoms in total. The molecule has 3 aromatic rings. The molecule has 2 aromatic heterocycles. The average Bonchev–Trinajstić information content (AvgIpc) is 3.25. The molecular weight excluding hydrogens is 527 g/mol. The molecule has 0 atom stereocenters. The van der Waals surface area contributed by atoms with Crippen LogP contribution in [-0.4, -0.2) is 49.7 Å². The lowest BCUT2D eigenvalue weighted by molar-refractivity contribution is 0.0703. The van der Waals surface area contributed by atoms with E-state index in [2.05, 4.69) is 15.9 Å². The van der Waals surface area contributed by atoms with E-state index in [1.807, 2.05) is 0 Å². The van der Waals surface area contributed by atoms with Crippen LogP contribution < -0.4 is 0 Å². The Morgan fingerprint density at radius 3 is 2.39 bits per heavy atom.